The summed E-state index contributed by atoms with van der Waals surface area (Å²) in [7, 11) is 0. The van der Waals surface area contributed by atoms with Crippen LogP contribution >= 0.6 is 0 Å². The molecule has 7 heteroatoms. The third kappa shape index (κ3) is 4.26. The van der Waals surface area contributed by atoms with E-state index in [-0.39, 0.29) is 18.6 Å². The topological polar surface area (TPSA) is 88.4 Å². The molecule has 1 aliphatic heterocycles. The molecule has 1 aliphatic rings. The lowest BCUT2D eigenvalue weighted by Crippen LogP contribution is -2.51. The number of fused-ring (bicyclic) bond motifs is 1. The van der Waals surface area contributed by atoms with Crippen LogP contribution in [0.15, 0.2) is 55.2 Å². The average molecular weight is 378 g/mol. The number of amides is 1. The zero-order valence-electron chi connectivity index (χ0n) is 15.4. The molecule has 0 unspecified atom stereocenters. The Balaban J connectivity index is 1.32. The fourth-order valence-corrected chi connectivity index (χ4v) is 3.44. The first-order valence-corrected chi connectivity index (χ1v) is 9.40. The van der Waals surface area contributed by atoms with Gasteiger partial charge in [0.2, 0.25) is 5.91 Å². The number of β-amino-alcohol motifs (C(OH)–C–C–N with tert-alkyl or cyclic N) is 1. The molecule has 1 aromatic carbocycles. The minimum atomic E-state index is -0.723. The van der Waals surface area contributed by atoms with E-state index >= 15 is 0 Å². The summed E-state index contributed by atoms with van der Waals surface area (Å²) in [6.07, 6.45) is 8.87. The summed E-state index contributed by atoms with van der Waals surface area (Å²) in [5.41, 5.74) is 0.792. The fraction of sp³-hybridized carbons (Fsp3) is 0.333. The summed E-state index contributed by atoms with van der Waals surface area (Å²) in [5.74, 6) is 0.715. The number of carbonyl (C=O) groups is 1. The van der Waals surface area contributed by atoms with Gasteiger partial charge in [0.1, 0.15) is 18.0 Å². The fourth-order valence-electron chi connectivity index (χ4n) is 3.44. The number of hydrogen-bond donors (Lipinski definition) is 1. The molecule has 7 nitrogen and oxygen atoms in total. The van der Waals surface area contributed by atoms with Gasteiger partial charge in [-0.2, -0.15) is 0 Å². The van der Waals surface area contributed by atoms with Crippen LogP contribution in [-0.4, -0.2) is 56.2 Å². The zero-order chi connectivity index (χ0) is 19.3. The number of piperidine rings is 1. The number of aromatic nitrogens is 3. The second-order valence-electron chi connectivity index (χ2n) is 6.93. The Hall–Kier alpha value is -3.06. The van der Waals surface area contributed by atoms with Gasteiger partial charge in [0.05, 0.1) is 12.2 Å². The third-order valence-corrected chi connectivity index (χ3v) is 4.98. The molecule has 0 bridgehead atoms. The number of benzene rings is 1. The summed E-state index contributed by atoms with van der Waals surface area (Å²) < 4.78 is 6.00. The highest BCUT2D eigenvalue weighted by molar-refractivity contribution is 5.82. The van der Waals surface area contributed by atoms with E-state index in [9.17, 15) is 9.90 Å². The number of likely N-dealkylation sites (tertiary alicyclic amines) is 1. The number of carbonyl (C=O) groups excluding carboxylic acids is 1. The largest absolute Gasteiger partial charge is 0.488 e. The maximum atomic E-state index is 12.4. The van der Waals surface area contributed by atoms with Crippen LogP contribution in [-0.2, 0) is 11.2 Å². The molecule has 1 N–H and O–H groups in total. The van der Waals surface area contributed by atoms with Gasteiger partial charge in [0.25, 0.3) is 0 Å². The molecule has 3 heterocycles. The Morgan fingerprint density at radius 1 is 1.14 bits per heavy atom. The van der Waals surface area contributed by atoms with Gasteiger partial charge >= 0.3 is 0 Å². The van der Waals surface area contributed by atoms with Crippen LogP contribution in [0.25, 0.3) is 10.8 Å². The zero-order valence-corrected chi connectivity index (χ0v) is 15.4. The van der Waals surface area contributed by atoms with Crippen molar-refractivity contribution in [3.63, 3.8) is 0 Å². The number of nitrogens with zero attached hydrogens (tertiary/aromatic N) is 4. The van der Waals surface area contributed by atoms with Gasteiger partial charge in [-0.25, -0.2) is 0 Å². The van der Waals surface area contributed by atoms with Gasteiger partial charge in [0.15, 0.2) is 0 Å². The van der Waals surface area contributed by atoms with E-state index in [1.807, 2.05) is 24.3 Å². The van der Waals surface area contributed by atoms with Crippen LogP contribution in [0.5, 0.6) is 5.75 Å². The molecule has 1 fully saturated rings. The maximum absolute atomic E-state index is 12.4. The summed E-state index contributed by atoms with van der Waals surface area (Å²) in [6.45, 7) is 0.843. The third-order valence-electron chi connectivity index (χ3n) is 4.98. The second-order valence-corrected chi connectivity index (χ2v) is 6.93. The Morgan fingerprint density at radius 2 is 2.04 bits per heavy atom. The van der Waals surface area contributed by atoms with Gasteiger partial charge < -0.3 is 14.7 Å². The van der Waals surface area contributed by atoms with Crippen LogP contribution in [0, 0.1) is 0 Å². The lowest BCUT2D eigenvalue weighted by Gasteiger charge is -2.36. The number of ether oxygens (including phenoxy) is 1. The quantitative estimate of drug-likeness (QED) is 0.731. The summed E-state index contributed by atoms with van der Waals surface area (Å²) in [4.78, 5) is 26.5. The molecular weight excluding hydrogens is 356 g/mol. The van der Waals surface area contributed by atoms with Gasteiger partial charge in [-0.05, 0) is 30.0 Å². The SMILES string of the molecule is O=C(CCc1cnccn1)N1CC[C@@H](Oc2ccc3ccncc3c2)[C@H](O)C1. The maximum Gasteiger partial charge on any atom is 0.223 e. The normalized spacial score (nSPS) is 19.5. The molecule has 1 saturated heterocycles. The van der Waals surface area contributed by atoms with E-state index in [2.05, 4.69) is 15.0 Å². The van der Waals surface area contributed by atoms with E-state index in [0.29, 0.717) is 31.6 Å². The van der Waals surface area contributed by atoms with Crippen molar-refractivity contribution in [1.82, 2.24) is 19.9 Å². The van der Waals surface area contributed by atoms with E-state index in [4.69, 9.17) is 4.74 Å². The summed E-state index contributed by atoms with van der Waals surface area (Å²) in [5, 5.41) is 12.6. The predicted octanol–water partition coefficient (Wildman–Crippen LogP) is 2.00. The molecule has 2 aromatic heterocycles. The van der Waals surface area contributed by atoms with Crippen molar-refractivity contribution in [3.05, 3.63) is 60.9 Å². The standard InChI is InChI=1S/C21H22N4O3/c26-19-14-25(21(27)4-2-17-13-23-8-9-24-17)10-6-20(19)28-18-3-1-15-5-7-22-12-16(15)11-18/h1,3,5,7-9,11-13,19-20,26H,2,4,6,10,14H2/t19-,20-/m1/s1. The molecule has 144 valence electrons. The number of pyridine rings is 1. The first kappa shape index (κ1) is 18.3. The van der Waals surface area contributed by atoms with E-state index < -0.39 is 6.10 Å². The average Bonchev–Trinajstić information content (AvgIpc) is 2.74. The minimum absolute atomic E-state index is 0.0138. The smallest absolute Gasteiger partial charge is 0.223 e. The van der Waals surface area contributed by atoms with Crippen molar-refractivity contribution in [2.24, 2.45) is 0 Å². The van der Waals surface area contributed by atoms with Crippen LogP contribution < -0.4 is 4.74 Å². The summed E-state index contributed by atoms with van der Waals surface area (Å²) in [6, 6.07) is 7.74. The minimum Gasteiger partial charge on any atom is -0.488 e. The molecule has 0 saturated carbocycles. The lowest BCUT2D eigenvalue weighted by molar-refractivity contribution is -0.137. The first-order valence-electron chi connectivity index (χ1n) is 9.40. The molecule has 4 rings (SSSR count). The Morgan fingerprint density at radius 3 is 2.86 bits per heavy atom. The van der Waals surface area contributed by atoms with Gasteiger partial charge in [0, 0.05) is 55.8 Å². The van der Waals surface area contributed by atoms with Gasteiger partial charge in [-0.1, -0.05) is 6.07 Å². The molecule has 0 spiro atoms. The van der Waals surface area contributed by atoms with Crippen molar-refractivity contribution < 1.29 is 14.6 Å². The Labute approximate surface area is 163 Å². The van der Waals surface area contributed by atoms with E-state index in [1.54, 1.807) is 35.9 Å². The Kier molecular flexibility index (Phi) is 5.43. The molecule has 2 atom stereocenters. The number of aryl methyl sites for hydroxylation is 1. The van der Waals surface area contributed by atoms with Crippen molar-refractivity contribution in [1.29, 1.82) is 0 Å². The molecule has 0 radical (unpaired) electrons. The van der Waals surface area contributed by atoms with Crippen molar-refractivity contribution in [3.8, 4) is 5.75 Å². The number of hydrogen-bond acceptors (Lipinski definition) is 6. The molecule has 3 aromatic rings. The van der Waals surface area contributed by atoms with Crippen molar-refractivity contribution in [2.45, 2.75) is 31.5 Å². The number of rotatable bonds is 5. The van der Waals surface area contributed by atoms with Gasteiger partial charge in [-0.3, -0.25) is 19.7 Å². The number of aliphatic hydroxyl groups is 1. The molecule has 0 aliphatic carbocycles. The molecule has 28 heavy (non-hydrogen) atoms. The molecule has 1 amide bonds. The Bertz CT molecular complexity index is 951. The monoisotopic (exact) mass is 378 g/mol. The van der Waals surface area contributed by atoms with Crippen molar-refractivity contribution >= 4 is 16.7 Å². The number of aliphatic hydroxyl groups excluding tert-OH is 1. The van der Waals surface area contributed by atoms with Gasteiger partial charge in [-0.15, -0.1) is 0 Å². The lowest BCUT2D eigenvalue weighted by atomic mass is 10.0. The predicted molar refractivity (Wildman–Crippen MR) is 104 cm³/mol. The first-order chi connectivity index (χ1) is 13.7. The van der Waals surface area contributed by atoms with Crippen LogP contribution in [0.1, 0.15) is 18.5 Å². The summed E-state index contributed by atoms with van der Waals surface area (Å²) >= 11 is 0. The van der Waals surface area contributed by atoms with Crippen LogP contribution in [0.2, 0.25) is 0 Å². The van der Waals surface area contributed by atoms with Crippen LogP contribution in [0.4, 0.5) is 0 Å². The highest BCUT2D eigenvalue weighted by atomic mass is 16.5. The van der Waals surface area contributed by atoms with E-state index in [1.165, 1.54) is 0 Å². The van der Waals surface area contributed by atoms with Crippen molar-refractivity contribution in [2.75, 3.05) is 13.1 Å². The highest BCUT2D eigenvalue weighted by Crippen LogP contribution is 2.24. The van der Waals surface area contributed by atoms with E-state index in [0.717, 1.165) is 16.5 Å². The molecular formula is C21H22N4O3. The highest BCUT2D eigenvalue weighted by Gasteiger charge is 2.31. The van der Waals surface area contributed by atoms with Crippen LogP contribution in [0.3, 0.4) is 0 Å². The second kappa shape index (κ2) is 8.31.